The number of ketones is 1. The van der Waals surface area contributed by atoms with Gasteiger partial charge in [-0.05, 0) is 54.9 Å². The summed E-state index contributed by atoms with van der Waals surface area (Å²) < 4.78 is 11.6. The molecule has 1 fully saturated rings. The van der Waals surface area contributed by atoms with Crippen LogP contribution in [0.3, 0.4) is 0 Å². The van der Waals surface area contributed by atoms with E-state index in [0.29, 0.717) is 0 Å². The Morgan fingerprint density at radius 1 is 1.11 bits per heavy atom. The number of carbonyl (C=O) groups excluding carboxylic acids is 1. The van der Waals surface area contributed by atoms with Crippen molar-refractivity contribution in [1.82, 2.24) is 0 Å². The molecule has 1 aliphatic rings. The van der Waals surface area contributed by atoms with Crippen molar-refractivity contribution in [1.29, 1.82) is 0 Å². The van der Waals surface area contributed by atoms with E-state index in [1.165, 1.54) is 0 Å². The van der Waals surface area contributed by atoms with Crippen LogP contribution in [0.1, 0.15) is 61.6 Å². The number of Topliss-reactive ketones (excluding diaryl/α,β-unsaturated/α-hetero) is 1. The van der Waals surface area contributed by atoms with Gasteiger partial charge in [-0.3, -0.25) is 4.79 Å². The summed E-state index contributed by atoms with van der Waals surface area (Å²) >= 11 is 0. The van der Waals surface area contributed by atoms with Crippen molar-refractivity contribution in [2.75, 3.05) is 0 Å². The van der Waals surface area contributed by atoms with Gasteiger partial charge in [0.1, 0.15) is 11.5 Å². The van der Waals surface area contributed by atoms with Gasteiger partial charge in [0.15, 0.2) is 5.78 Å². The first-order valence-corrected chi connectivity index (χ1v) is 6.86. The smallest absolute Gasteiger partial charge is 0.172 e. The molecule has 19 heavy (non-hydrogen) atoms. The van der Waals surface area contributed by atoms with E-state index in [2.05, 4.69) is 0 Å². The van der Waals surface area contributed by atoms with Gasteiger partial charge in [0, 0.05) is 5.56 Å². The lowest BCUT2D eigenvalue weighted by molar-refractivity contribution is -0.0712. The molecule has 0 aliphatic carbocycles. The predicted molar refractivity (Wildman–Crippen MR) is 74.6 cm³/mol. The molecule has 0 aromatic carbocycles. The van der Waals surface area contributed by atoms with Crippen molar-refractivity contribution in [2.24, 2.45) is 5.92 Å². The Labute approximate surface area is 115 Å². The topological polar surface area (TPSA) is 39.4 Å². The molecule has 3 nitrogen and oxygen atoms in total. The van der Waals surface area contributed by atoms with Crippen LogP contribution in [0.2, 0.25) is 0 Å². The predicted octanol–water partition coefficient (Wildman–Crippen LogP) is 3.98. The van der Waals surface area contributed by atoms with Gasteiger partial charge in [0.25, 0.3) is 0 Å². The Hall–Kier alpha value is -1.09. The van der Waals surface area contributed by atoms with Gasteiger partial charge in [-0.15, -0.1) is 0 Å². The fourth-order valence-corrected chi connectivity index (χ4v) is 3.30. The minimum atomic E-state index is -0.426. The number of aryl methyl sites for hydroxylation is 2. The number of ether oxygens (including phenoxy) is 1. The first-order valence-electron chi connectivity index (χ1n) is 6.86. The number of furan rings is 1. The summed E-state index contributed by atoms with van der Waals surface area (Å²) in [6, 6.07) is 0. The molecule has 1 aliphatic heterocycles. The lowest BCUT2D eigenvalue weighted by atomic mass is 9.81. The average molecular weight is 264 g/mol. The van der Waals surface area contributed by atoms with Gasteiger partial charge in [-0.2, -0.15) is 0 Å². The van der Waals surface area contributed by atoms with Crippen LogP contribution < -0.4 is 0 Å². The fourth-order valence-electron chi connectivity index (χ4n) is 3.30. The van der Waals surface area contributed by atoms with E-state index in [9.17, 15) is 4.79 Å². The van der Waals surface area contributed by atoms with Gasteiger partial charge in [0.2, 0.25) is 0 Å². The first kappa shape index (κ1) is 14.3. The highest BCUT2D eigenvalue weighted by Crippen LogP contribution is 2.44. The SMILES string of the molecule is Cc1oc(C)c(C(=O)C2CC(C)(C)OC2(C)C)c1C. The molecular formula is C16H24O3. The van der Waals surface area contributed by atoms with Crippen LogP contribution in [0.5, 0.6) is 0 Å². The highest BCUT2D eigenvalue weighted by atomic mass is 16.5. The first-order chi connectivity index (χ1) is 8.55. The van der Waals surface area contributed by atoms with E-state index in [-0.39, 0.29) is 17.3 Å². The third-order valence-electron chi connectivity index (χ3n) is 4.20. The van der Waals surface area contributed by atoms with Crippen molar-refractivity contribution >= 4 is 5.78 Å². The maximum atomic E-state index is 12.9. The van der Waals surface area contributed by atoms with Crippen LogP contribution >= 0.6 is 0 Å². The zero-order valence-corrected chi connectivity index (χ0v) is 13.0. The quantitative estimate of drug-likeness (QED) is 0.758. The molecule has 0 amide bonds. The largest absolute Gasteiger partial charge is 0.466 e. The molecule has 2 heterocycles. The second kappa shape index (κ2) is 4.20. The van der Waals surface area contributed by atoms with Gasteiger partial charge in [-0.25, -0.2) is 0 Å². The summed E-state index contributed by atoms with van der Waals surface area (Å²) in [5, 5.41) is 0. The Morgan fingerprint density at radius 2 is 1.68 bits per heavy atom. The maximum Gasteiger partial charge on any atom is 0.172 e. The lowest BCUT2D eigenvalue weighted by Crippen LogP contribution is -2.34. The molecular weight excluding hydrogens is 240 g/mol. The van der Waals surface area contributed by atoms with Gasteiger partial charge >= 0.3 is 0 Å². The van der Waals surface area contributed by atoms with Crippen LogP contribution in [0.15, 0.2) is 4.42 Å². The van der Waals surface area contributed by atoms with Crippen LogP contribution in [-0.2, 0) is 4.74 Å². The molecule has 0 N–H and O–H groups in total. The summed E-state index contributed by atoms with van der Waals surface area (Å²) in [5.41, 5.74) is 1.04. The summed E-state index contributed by atoms with van der Waals surface area (Å²) in [7, 11) is 0. The molecule has 0 radical (unpaired) electrons. The number of hydrogen-bond acceptors (Lipinski definition) is 3. The summed E-state index contributed by atoms with van der Waals surface area (Å²) in [4.78, 5) is 12.9. The molecule has 3 heteroatoms. The molecule has 0 bridgehead atoms. The van der Waals surface area contributed by atoms with E-state index in [1.54, 1.807) is 0 Å². The standard InChI is InChI=1S/C16H24O3/c1-9-10(2)18-11(3)13(9)14(17)12-8-15(4,5)19-16(12,6)7/h12H,8H2,1-7H3. The summed E-state index contributed by atoms with van der Waals surface area (Å²) in [5.74, 6) is 1.59. The second-order valence-corrected chi connectivity index (χ2v) is 6.80. The molecule has 2 rings (SSSR count). The van der Waals surface area contributed by atoms with E-state index < -0.39 is 5.60 Å². The van der Waals surface area contributed by atoms with Crippen LogP contribution in [0, 0.1) is 26.7 Å². The zero-order chi connectivity index (χ0) is 14.6. The monoisotopic (exact) mass is 264 g/mol. The number of hydrogen-bond donors (Lipinski definition) is 0. The minimum absolute atomic E-state index is 0.114. The van der Waals surface area contributed by atoms with E-state index in [0.717, 1.165) is 29.1 Å². The molecule has 0 spiro atoms. The molecule has 106 valence electrons. The van der Waals surface area contributed by atoms with Gasteiger partial charge < -0.3 is 9.15 Å². The second-order valence-electron chi connectivity index (χ2n) is 6.80. The zero-order valence-electron chi connectivity index (χ0n) is 13.0. The van der Waals surface area contributed by atoms with Crippen LogP contribution in [0.4, 0.5) is 0 Å². The Balaban J connectivity index is 2.40. The summed E-state index contributed by atoms with van der Waals surface area (Å²) in [6.45, 7) is 13.8. The molecule has 0 saturated carbocycles. The van der Waals surface area contributed by atoms with Gasteiger partial charge in [0.05, 0.1) is 22.7 Å². The summed E-state index contributed by atoms with van der Waals surface area (Å²) in [6.07, 6.45) is 0.752. The maximum absolute atomic E-state index is 12.9. The molecule has 1 aromatic rings. The Kier molecular flexibility index (Phi) is 3.17. The van der Waals surface area contributed by atoms with Crippen LogP contribution in [-0.4, -0.2) is 17.0 Å². The Morgan fingerprint density at radius 3 is 2.05 bits per heavy atom. The molecule has 1 atom stereocenters. The molecule has 1 saturated heterocycles. The Bertz CT molecular complexity index is 520. The minimum Gasteiger partial charge on any atom is -0.466 e. The highest BCUT2D eigenvalue weighted by molar-refractivity contribution is 6.01. The van der Waals surface area contributed by atoms with Crippen molar-refractivity contribution in [3.63, 3.8) is 0 Å². The average Bonchev–Trinajstić information content (AvgIpc) is 2.60. The van der Waals surface area contributed by atoms with Gasteiger partial charge in [-0.1, -0.05) is 0 Å². The lowest BCUT2D eigenvalue weighted by Gasteiger charge is -2.26. The van der Waals surface area contributed by atoms with Crippen molar-refractivity contribution in [3.05, 3.63) is 22.6 Å². The van der Waals surface area contributed by atoms with Crippen molar-refractivity contribution in [2.45, 2.75) is 66.1 Å². The third kappa shape index (κ3) is 2.36. The van der Waals surface area contributed by atoms with E-state index >= 15 is 0 Å². The molecule has 1 aromatic heterocycles. The normalized spacial score (nSPS) is 24.7. The van der Waals surface area contributed by atoms with E-state index in [4.69, 9.17) is 9.15 Å². The highest BCUT2D eigenvalue weighted by Gasteiger charge is 2.50. The van der Waals surface area contributed by atoms with Crippen molar-refractivity contribution < 1.29 is 13.9 Å². The van der Waals surface area contributed by atoms with Crippen molar-refractivity contribution in [3.8, 4) is 0 Å². The van der Waals surface area contributed by atoms with Crippen LogP contribution in [0.25, 0.3) is 0 Å². The number of rotatable bonds is 2. The fraction of sp³-hybridized carbons (Fsp3) is 0.688. The van der Waals surface area contributed by atoms with E-state index in [1.807, 2.05) is 48.5 Å². The number of carbonyl (C=O) groups is 1. The third-order valence-corrected chi connectivity index (χ3v) is 4.20. The molecule has 1 unspecified atom stereocenters.